The van der Waals surface area contributed by atoms with E-state index in [1.807, 2.05) is 42.2 Å². The molecule has 2 nitrogen and oxygen atoms in total. The third-order valence-electron chi connectivity index (χ3n) is 11.2. The minimum atomic E-state index is 0.215. The Kier molecular flexibility index (Phi) is 6.89. The number of pyridine rings is 2. The lowest BCUT2D eigenvalue weighted by molar-refractivity contribution is 0.687. The number of aromatic nitrogens is 2. The van der Waals surface area contributed by atoms with Crippen molar-refractivity contribution < 1.29 is 0 Å². The Labute approximate surface area is 311 Å². The van der Waals surface area contributed by atoms with Crippen LogP contribution in [0.3, 0.4) is 0 Å². The minimum absolute atomic E-state index is 0.215. The van der Waals surface area contributed by atoms with Crippen LogP contribution in [0.4, 0.5) is 0 Å². The van der Waals surface area contributed by atoms with E-state index in [0.29, 0.717) is 0 Å². The summed E-state index contributed by atoms with van der Waals surface area (Å²) in [6, 6.07) is 49.2. The standard InChI is InChI=1S/C50H32N2S/c1-3-16-37-35(14-1)46(36-15-2-4-17-38(36)47(37)32-12-10-26-51-29-32)31-24-25-34-43-22-9-23-44(50(43)53-45(34)28-31)49-41-20-7-5-18-39(41)48(33-13-11-27-52-30-33)40-19-6-8-21-42(40)49/h1-30,39,41H. The molecule has 11 rings (SSSR count). The number of hydrogen-bond donors (Lipinski definition) is 0. The molecule has 248 valence electrons. The second-order valence-electron chi connectivity index (χ2n) is 14.0. The fraction of sp³-hybridized carbons (Fsp3) is 0.0400. The normalized spacial score (nSPS) is 16.5. The predicted molar refractivity (Wildman–Crippen MR) is 223 cm³/mol. The van der Waals surface area contributed by atoms with Crippen molar-refractivity contribution in [2.24, 2.45) is 11.8 Å². The molecule has 3 aromatic heterocycles. The zero-order valence-corrected chi connectivity index (χ0v) is 29.6. The summed E-state index contributed by atoms with van der Waals surface area (Å²) in [6.45, 7) is 0. The molecule has 9 aromatic rings. The minimum Gasteiger partial charge on any atom is -0.264 e. The van der Waals surface area contributed by atoms with Crippen molar-refractivity contribution in [2.45, 2.75) is 0 Å². The van der Waals surface area contributed by atoms with Crippen LogP contribution in [0, 0.1) is 11.8 Å². The number of allylic oxidation sites excluding steroid dienone is 4. The van der Waals surface area contributed by atoms with Gasteiger partial charge >= 0.3 is 0 Å². The predicted octanol–water partition coefficient (Wildman–Crippen LogP) is 11.3. The Bertz CT molecular complexity index is 3060. The molecule has 0 N–H and O–H groups in total. The van der Waals surface area contributed by atoms with E-state index in [9.17, 15) is 0 Å². The lowest BCUT2D eigenvalue weighted by Crippen LogP contribution is -2.40. The molecule has 0 bridgehead atoms. The Morgan fingerprint density at radius 2 is 1.00 bits per heavy atom. The van der Waals surface area contributed by atoms with Gasteiger partial charge in [-0.05, 0) is 89.1 Å². The topological polar surface area (TPSA) is 25.8 Å². The molecule has 0 saturated heterocycles. The highest BCUT2D eigenvalue weighted by Crippen LogP contribution is 2.47. The maximum absolute atomic E-state index is 4.52. The van der Waals surface area contributed by atoms with E-state index in [1.54, 1.807) is 0 Å². The summed E-state index contributed by atoms with van der Waals surface area (Å²) in [4.78, 5) is 9.01. The average molecular weight is 693 g/mol. The summed E-state index contributed by atoms with van der Waals surface area (Å²) in [5.74, 6) is 0.439. The monoisotopic (exact) mass is 692 g/mol. The number of fused-ring (bicyclic) bond motifs is 7. The molecule has 2 aliphatic carbocycles. The van der Waals surface area contributed by atoms with Gasteiger partial charge in [-0.3, -0.25) is 9.97 Å². The van der Waals surface area contributed by atoms with Crippen molar-refractivity contribution in [3.8, 4) is 22.3 Å². The first-order valence-corrected chi connectivity index (χ1v) is 19.0. The molecule has 0 amide bonds. The van der Waals surface area contributed by atoms with Crippen LogP contribution >= 0.6 is 11.3 Å². The highest BCUT2D eigenvalue weighted by atomic mass is 32.1. The van der Waals surface area contributed by atoms with Gasteiger partial charge in [0.05, 0.1) is 0 Å². The first-order chi connectivity index (χ1) is 26.3. The fourth-order valence-corrected chi connectivity index (χ4v) is 10.4. The van der Waals surface area contributed by atoms with Crippen LogP contribution < -0.4 is 10.4 Å². The van der Waals surface area contributed by atoms with Crippen LogP contribution in [0.25, 0.3) is 75.1 Å². The van der Waals surface area contributed by atoms with Gasteiger partial charge in [-0.1, -0.05) is 140 Å². The molecule has 53 heavy (non-hydrogen) atoms. The molecule has 0 aliphatic heterocycles. The Morgan fingerprint density at radius 3 is 1.64 bits per heavy atom. The van der Waals surface area contributed by atoms with Gasteiger partial charge in [0, 0.05) is 62.4 Å². The molecule has 0 saturated carbocycles. The van der Waals surface area contributed by atoms with Crippen molar-refractivity contribution in [3.63, 3.8) is 0 Å². The smallest absolute Gasteiger partial charge is 0.0431 e. The zero-order valence-electron chi connectivity index (χ0n) is 28.8. The van der Waals surface area contributed by atoms with E-state index in [4.69, 9.17) is 0 Å². The molecule has 2 unspecified atom stereocenters. The van der Waals surface area contributed by atoms with Gasteiger partial charge in [-0.25, -0.2) is 0 Å². The molecule has 2 atom stereocenters. The van der Waals surface area contributed by atoms with Crippen LogP contribution in [0.1, 0.15) is 11.1 Å². The van der Waals surface area contributed by atoms with Crippen molar-refractivity contribution >= 4 is 64.2 Å². The van der Waals surface area contributed by atoms with Crippen molar-refractivity contribution in [1.82, 2.24) is 9.97 Å². The lowest BCUT2D eigenvalue weighted by Gasteiger charge is -2.33. The van der Waals surface area contributed by atoms with E-state index in [1.165, 1.54) is 91.1 Å². The molecule has 2 aliphatic rings. The summed E-state index contributed by atoms with van der Waals surface area (Å²) in [5, 5.41) is 10.2. The van der Waals surface area contributed by atoms with Gasteiger partial charge in [0.25, 0.3) is 0 Å². The number of thiophene rings is 1. The maximum Gasteiger partial charge on any atom is 0.0431 e. The van der Waals surface area contributed by atoms with Crippen LogP contribution in [-0.2, 0) is 0 Å². The second kappa shape index (κ2) is 12.1. The number of hydrogen-bond acceptors (Lipinski definition) is 3. The molecule has 3 heteroatoms. The van der Waals surface area contributed by atoms with E-state index in [2.05, 4.69) is 162 Å². The van der Waals surface area contributed by atoms with Crippen molar-refractivity contribution in [1.29, 1.82) is 0 Å². The third-order valence-corrected chi connectivity index (χ3v) is 12.4. The first-order valence-electron chi connectivity index (χ1n) is 18.2. The Hall–Kier alpha value is -6.42. The van der Waals surface area contributed by atoms with E-state index < -0.39 is 0 Å². The molecular formula is C50H32N2S. The molecule has 0 spiro atoms. The summed E-state index contributed by atoms with van der Waals surface area (Å²) >= 11 is 1.92. The largest absolute Gasteiger partial charge is 0.264 e. The SMILES string of the molecule is C1=CC2C(c3cccnc3)=c3ccccc3=C(c3cccc4c3sc3cc(-c5c6ccccc6c(-c6cccnc6)c6ccccc56)ccc34)C2C=C1. The summed E-state index contributed by atoms with van der Waals surface area (Å²) in [5.41, 5.74) is 10.2. The highest BCUT2D eigenvalue weighted by Gasteiger charge is 2.33. The Balaban J connectivity index is 1.17. The first kappa shape index (κ1) is 30.2. The molecule has 0 fully saturated rings. The summed E-state index contributed by atoms with van der Waals surface area (Å²) < 4.78 is 2.65. The van der Waals surface area contributed by atoms with E-state index in [-0.39, 0.29) is 11.8 Å². The van der Waals surface area contributed by atoms with Crippen molar-refractivity contribution in [3.05, 3.63) is 204 Å². The molecule has 3 heterocycles. The zero-order chi connectivity index (χ0) is 34.9. The van der Waals surface area contributed by atoms with Gasteiger partial charge in [-0.15, -0.1) is 11.3 Å². The average Bonchev–Trinajstić information content (AvgIpc) is 3.61. The van der Waals surface area contributed by atoms with Gasteiger partial charge in [0.2, 0.25) is 0 Å². The molecule has 6 aromatic carbocycles. The summed E-state index contributed by atoms with van der Waals surface area (Å²) in [6.07, 6.45) is 16.9. The van der Waals surface area contributed by atoms with Gasteiger partial charge in [0.15, 0.2) is 0 Å². The van der Waals surface area contributed by atoms with Crippen molar-refractivity contribution in [2.75, 3.05) is 0 Å². The third kappa shape index (κ3) is 4.64. The van der Waals surface area contributed by atoms with E-state index in [0.717, 1.165) is 5.56 Å². The van der Waals surface area contributed by atoms with Gasteiger partial charge in [-0.2, -0.15) is 0 Å². The second-order valence-corrected chi connectivity index (χ2v) is 15.1. The van der Waals surface area contributed by atoms with Gasteiger partial charge < -0.3 is 0 Å². The van der Waals surface area contributed by atoms with E-state index >= 15 is 0 Å². The molecular weight excluding hydrogens is 661 g/mol. The number of rotatable bonds is 4. The fourth-order valence-electron chi connectivity index (χ4n) is 9.09. The number of benzene rings is 6. The molecule has 0 radical (unpaired) electrons. The van der Waals surface area contributed by atoms with Crippen LogP contribution in [0.5, 0.6) is 0 Å². The summed E-state index contributed by atoms with van der Waals surface area (Å²) in [7, 11) is 0. The maximum atomic E-state index is 4.52. The van der Waals surface area contributed by atoms with Gasteiger partial charge in [0.1, 0.15) is 0 Å². The van der Waals surface area contributed by atoms with Crippen LogP contribution in [-0.4, -0.2) is 9.97 Å². The highest BCUT2D eigenvalue weighted by molar-refractivity contribution is 7.26. The van der Waals surface area contributed by atoms with Crippen LogP contribution in [0.15, 0.2) is 183 Å². The quantitative estimate of drug-likeness (QED) is 0.172. The Morgan fingerprint density at radius 1 is 0.434 bits per heavy atom. The number of nitrogens with zero attached hydrogens (tertiary/aromatic N) is 2. The lowest BCUT2D eigenvalue weighted by atomic mass is 9.70. The van der Waals surface area contributed by atoms with Crippen LogP contribution in [0.2, 0.25) is 0 Å².